The van der Waals surface area contributed by atoms with Gasteiger partial charge in [0.2, 0.25) is 0 Å². The molecule has 0 saturated carbocycles. The molecule has 1 aromatic carbocycles. The Hall–Kier alpha value is -2.30. The number of carbonyl (C=O) groups excluding carboxylic acids is 1. The zero-order valence-corrected chi connectivity index (χ0v) is 12.9. The molecule has 1 saturated heterocycles. The molecule has 3 nitrogen and oxygen atoms in total. The lowest BCUT2D eigenvalue weighted by Crippen LogP contribution is -2.29. The van der Waals surface area contributed by atoms with Crippen LogP contribution in [0.3, 0.4) is 0 Å². The molecule has 2 aromatic rings. The summed E-state index contributed by atoms with van der Waals surface area (Å²) in [6.45, 7) is 3.08. The summed E-state index contributed by atoms with van der Waals surface area (Å²) in [4.78, 5) is 18.5. The summed E-state index contributed by atoms with van der Waals surface area (Å²) in [7, 11) is 0. The van der Waals surface area contributed by atoms with Crippen LogP contribution in [0.15, 0.2) is 36.5 Å². The second kappa shape index (κ2) is 6.44. The summed E-state index contributed by atoms with van der Waals surface area (Å²) in [5, 5.41) is 0. The molecule has 23 heavy (non-hydrogen) atoms. The van der Waals surface area contributed by atoms with Gasteiger partial charge in [0.15, 0.2) is 0 Å². The Bertz CT molecular complexity index is 712. The Kier molecular flexibility index (Phi) is 4.37. The number of rotatable bonds is 3. The van der Waals surface area contributed by atoms with E-state index in [1.54, 1.807) is 23.2 Å². The SMILES string of the molecule is Cc1ncccc1C(=O)N1CCC(Cc2cc(F)cc(F)c2)C1. The van der Waals surface area contributed by atoms with Crippen LogP contribution in [0.25, 0.3) is 0 Å². The van der Waals surface area contributed by atoms with Gasteiger partial charge in [-0.15, -0.1) is 0 Å². The summed E-state index contributed by atoms with van der Waals surface area (Å²) in [5.74, 6) is -0.922. The topological polar surface area (TPSA) is 33.2 Å². The fourth-order valence-corrected chi connectivity index (χ4v) is 3.13. The fourth-order valence-electron chi connectivity index (χ4n) is 3.13. The number of halogens is 2. The summed E-state index contributed by atoms with van der Waals surface area (Å²) in [6, 6.07) is 7.13. The minimum atomic E-state index is -0.558. The molecule has 1 aliphatic rings. The highest BCUT2D eigenvalue weighted by Crippen LogP contribution is 2.23. The molecule has 0 spiro atoms. The summed E-state index contributed by atoms with van der Waals surface area (Å²) in [5.41, 5.74) is 1.97. The maximum absolute atomic E-state index is 13.3. The number of likely N-dealkylation sites (tertiary alicyclic amines) is 1. The molecule has 0 N–H and O–H groups in total. The van der Waals surface area contributed by atoms with Crippen LogP contribution in [0.2, 0.25) is 0 Å². The Morgan fingerprint density at radius 3 is 2.74 bits per heavy atom. The second-order valence-electron chi connectivity index (χ2n) is 6.02. The first-order valence-corrected chi connectivity index (χ1v) is 7.69. The third kappa shape index (κ3) is 3.55. The molecule has 0 aliphatic carbocycles. The van der Waals surface area contributed by atoms with Gasteiger partial charge in [-0.25, -0.2) is 8.78 Å². The smallest absolute Gasteiger partial charge is 0.255 e. The molecule has 3 rings (SSSR count). The van der Waals surface area contributed by atoms with Crippen LogP contribution in [-0.2, 0) is 6.42 Å². The quantitative estimate of drug-likeness (QED) is 0.870. The van der Waals surface area contributed by atoms with Gasteiger partial charge in [0.05, 0.1) is 5.56 Å². The highest BCUT2D eigenvalue weighted by molar-refractivity contribution is 5.95. The van der Waals surface area contributed by atoms with E-state index in [1.165, 1.54) is 12.1 Å². The fraction of sp³-hybridized carbons (Fsp3) is 0.333. The number of hydrogen-bond donors (Lipinski definition) is 0. The Labute approximate surface area is 134 Å². The van der Waals surface area contributed by atoms with Crippen molar-refractivity contribution in [3.05, 3.63) is 65.0 Å². The van der Waals surface area contributed by atoms with Crippen molar-refractivity contribution in [2.75, 3.05) is 13.1 Å². The number of benzene rings is 1. The molecule has 1 aliphatic heterocycles. The maximum Gasteiger partial charge on any atom is 0.255 e. The Morgan fingerprint density at radius 2 is 2.04 bits per heavy atom. The van der Waals surface area contributed by atoms with Crippen molar-refractivity contribution in [3.8, 4) is 0 Å². The predicted octanol–water partition coefficient (Wildman–Crippen LogP) is 3.37. The predicted molar refractivity (Wildman–Crippen MR) is 83.0 cm³/mol. The van der Waals surface area contributed by atoms with Gasteiger partial charge in [0.25, 0.3) is 5.91 Å². The molecule has 1 fully saturated rings. The lowest BCUT2D eigenvalue weighted by Gasteiger charge is -2.17. The van der Waals surface area contributed by atoms with Crippen molar-refractivity contribution in [2.24, 2.45) is 5.92 Å². The van der Waals surface area contributed by atoms with Gasteiger partial charge in [-0.1, -0.05) is 0 Å². The van der Waals surface area contributed by atoms with E-state index in [9.17, 15) is 13.6 Å². The molecule has 0 bridgehead atoms. The number of hydrogen-bond acceptors (Lipinski definition) is 2. The van der Waals surface area contributed by atoms with E-state index < -0.39 is 11.6 Å². The van der Waals surface area contributed by atoms with Gasteiger partial charge >= 0.3 is 0 Å². The van der Waals surface area contributed by atoms with Crippen molar-refractivity contribution < 1.29 is 13.6 Å². The molecule has 1 atom stereocenters. The zero-order valence-electron chi connectivity index (χ0n) is 12.9. The van der Waals surface area contributed by atoms with Crippen LogP contribution < -0.4 is 0 Å². The highest BCUT2D eigenvalue weighted by atomic mass is 19.1. The molecular weight excluding hydrogens is 298 g/mol. The minimum absolute atomic E-state index is 0.0245. The molecule has 120 valence electrons. The number of nitrogens with zero attached hydrogens (tertiary/aromatic N) is 2. The van der Waals surface area contributed by atoms with E-state index >= 15 is 0 Å². The van der Waals surface area contributed by atoms with Crippen LogP contribution in [0, 0.1) is 24.5 Å². The molecular formula is C18H18F2N2O. The standard InChI is InChI=1S/C18H18F2N2O/c1-12-17(3-2-5-21-12)18(23)22-6-4-13(11-22)7-14-8-15(19)10-16(20)9-14/h2-3,5,8-10,13H,4,6-7,11H2,1H3. The van der Waals surface area contributed by atoms with Crippen LogP contribution in [0.4, 0.5) is 8.78 Å². The average Bonchev–Trinajstić information content (AvgIpc) is 2.94. The van der Waals surface area contributed by atoms with Crippen molar-refractivity contribution in [2.45, 2.75) is 19.8 Å². The first-order valence-electron chi connectivity index (χ1n) is 7.69. The van der Waals surface area contributed by atoms with Gasteiger partial charge in [-0.2, -0.15) is 0 Å². The minimum Gasteiger partial charge on any atom is -0.338 e. The molecule has 0 radical (unpaired) electrons. The second-order valence-corrected chi connectivity index (χ2v) is 6.02. The number of pyridine rings is 1. The number of aryl methyl sites for hydroxylation is 1. The Balaban J connectivity index is 1.66. The molecule has 1 amide bonds. The van der Waals surface area contributed by atoms with E-state index in [1.807, 2.05) is 6.92 Å². The van der Waals surface area contributed by atoms with Crippen molar-refractivity contribution in [1.82, 2.24) is 9.88 Å². The normalized spacial score (nSPS) is 17.5. The van der Waals surface area contributed by atoms with E-state index in [0.717, 1.165) is 12.5 Å². The zero-order chi connectivity index (χ0) is 16.4. The first-order chi connectivity index (χ1) is 11.0. The van der Waals surface area contributed by atoms with Crippen molar-refractivity contribution >= 4 is 5.91 Å². The lowest BCUT2D eigenvalue weighted by molar-refractivity contribution is 0.0786. The number of carbonyl (C=O) groups is 1. The van der Waals surface area contributed by atoms with Crippen LogP contribution in [0.5, 0.6) is 0 Å². The van der Waals surface area contributed by atoms with E-state index in [0.29, 0.717) is 36.3 Å². The van der Waals surface area contributed by atoms with Crippen molar-refractivity contribution in [3.63, 3.8) is 0 Å². The monoisotopic (exact) mass is 316 g/mol. The van der Waals surface area contributed by atoms with Crippen LogP contribution in [0.1, 0.15) is 28.0 Å². The van der Waals surface area contributed by atoms with Gasteiger partial charge in [-0.05, 0) is 55.5 Å². The van der Waals surface area contributed by atoms with Gasteiger partial charge in [0.1, 0.15) is 11.6 Å². The molecule has 1 aromatic heterocycles. The van der Waals surface area contributed by atoms with E-state index in [-0.39, 0.29) is 11.8 Å². The van der Waals surface area contributed by atoms with E-state index in [2.05, 4.69) is 4.98 Å². The molecule has 1 unspecified atom stereocenters. The largest absolute Gasteiger partial charge is 0.338 e. The van der Waals surface area contributed by atoms with E-state index in [4.69, 9.17) is 0 Å². The third-order valence-corrected chi connectivity index (χ3v) is 4.26. The molecule has 5 heteroatoms. The maximum atomic E-state index is 13.3. The van der Waals surface area contributed by atoms with Gasteiger partial charge in [-0.3, -0.25) is 9.78 Å². The van der Waals surface area contributed by atoms with Crippen LogP contribution in [-0.4, -0.2) is 28.9 Å². The lowest BCUT2D eigenvalue weighted by atomic mass is 9.98. The first kappa shape index (κ1) is 15.6. The third-order valence-electron chi connectivity index (χ3n) is 4.26. The summed E-state index contributed by atoms with van der Waals surface area (Å²) < 4.78 is 26.5. The number of amides is 1. The van der Waals surface area contributed by atoms with Gasteiger partial charge < -0.3 is 4.90 Å². The van der Waals surface area contributed by atoms with Gasteiger partial charge in [0, 0.05) is 31.0 Å². The number of aromatic nitrogens is 1. The average molecular weight is 316 g/mol. The van der Waals surface area contributed by atoms with Crippen molar-refractivity contribution in [1.29, 1.82) is 0 Å². The summed E-state index contributed by atoms with van der Waals surface area (Å²) >= 11 is 0. The highest BCUT2D eigenvalue weighted by Gasteiger charge is 2.28. The summed E-state index contributed by atoms with van der Waals surface area (Å²) in [6.07, 6.45) is 3.07. The molecule has 2 heterocycles. The van der Waals surface area contributed by atoms with Crippen LogP contribution >= 0.6 is 0 Å². The Morgan fingerprint density at radius 1 is 1.30 bits per heavy atom.